The molecule has 3 aromatic rings. The first-order chi connectivity index (χ1) is 13.9. The number of nitrogens with zero attached hydrogens (tertiary/aromatic N) is 3. The van der Waals surface area contributed by atoms with E-state index < -0.39 is 0 Å². The van der Waals surface area contributed by atoms with Crippen molar-refractivity contribution in [1.29, 1.82) is 5.26 Å². The Labute approximate surface area is 172 Å². The molecule has 148 valence electrons. The Morgan fingerprint density at radius 3 is 2.48 bits per heavy atom. The van der Waals surface area contributed by atoms with Crippen LogP contribution in [0.15, 0.2) is 42.5 Å². The van der Waals surface area contributed by atoms with Gasteiger partial charge in [-0.1, -0.05) is 37.3 Å². The number of carbonyl (C=O) groups excluding carboxylic acids is 1. The third-order valence-electron chi connectivity index (χ3n) is 6.67. The number of imidazole rings is 1. The van der Waals surface area contributed by atoms with E-state index in [9.17, 15) is 10.1 Å². The average molecular weight is 386 g/mol. The summed E-state index contributed by atoms with van der Waals surface area (Å²) < 4.78 is 2.10. The molecule has 0 N–H and O–H groups in total. The Hall–Kier alpha value is -2.93. The minimum Gasteiger partial charge on any atom is -0.331 e. The van der Waals surface area contributed by atoms with E-state index in [1.165, 1.54) is 0 Å². The van der Waals surface area contributed by atoms with Crippen molar-refractivity contribution in [3.05, 3.63) is 53.9 Å². The quantitative estimate of drug-likeness (QED) is 0.606. The van der Waals surface area contributed by atoms with Crippen LogP contribution in [0.1, 0.15) is 44.0 Å². The standard InChI is InChI=1S/C25H27N3O/c1-15-11-18(14-26)12-22(25(15)16(2)29)20-7-5-19(6-8-20)21-9-10-24-23(13-21)27-17(3)28(24)4/h5-10,13,15,18,22,25H,11-12H2,1-4H3/t15-,18+,22-,25?/m0/s1. The summed E-state index contributed by atoms with van der Waals surface area (Å²) in [5.41, 5.74) is 5.57. The van der Waals surface area contributed by atoms with Crippen molar-refractivity contribution >= 4 is 16.8 Å². The summed E-state index contributed by atoms with van der Waals surface area (Å²) in [5, 5.41) is 9.46. The van der Waals surface area contributed by atoms with Gasteiger partial charge in [0, 0.05) is 18.9 Å². The molecule has 1 fully saturated rings. The molecule has 1 saturated carbocycles. The number of rotatable bonds is 3. The lowest BCUT2D eigenvalue weighted by Gasteiger charge is -2.37. The van der Waals surface area contributed by atoms with Crippen molar-refractivity contribution in [3.63, 3.8) is 0 Å². The molecule has 0 amide bonds. The van der Waals surface area contributed by atoms with Crippen LogP contribution < -0.4 is 0 Å². The molecule has 4 heteroatoms. The number of nitriles is 1. The second-order valence-corrected chi connectivity index (χ2v) is 8.56. The highest BCUT2D eigenvalue weighted by Gasteiger charge is 2.38. The molecule has 0 bridgehead atoms. The number of Topliss-reactive ketones (excluding diaryl/α,β-unsaturated/α-hetero) is 1. The van der Waals surface area contributed by atoms with Gasteiger partial charge in [-0.15, -0.1) is 0 Å². The maximum absolute atomic E-state index is 12.3. The number of aromatic nitrogens is 2. The van der Waals surface area contributed by atoms with Gasteiger partial charge in [0.05, 0.1) is 17.1 Å². The first-order valence-electron chi connectivity index (χ1n) is 10.3. The third kappa shape index (κ3) is 3.46. The summed E-state index contributed by atoms with van der Waals surface area (Å²) in [6.45, 7) is 5.82. The first kappa shape index (κ1) is 19.4. The Morgan fingerprint density at radius 2 is 1.83 bits per heavy atom. The Kier molecular flexibility index (Phi) is 5.00. The van der Waals surface area contributed by atoms with Crippen LogP contribution in [0.3, 0.4) is 0 Å². The second kappa shape index (κ2) is 7.48. The topological polar surface area (TPSA) is 58.7 Å². The van der Waals surface area contributed by atoms with E-state index in [0.29, 0.717) is 0 Å². The van der Waals surface area contributed by atoms with Gasteiger partial charge in [0.1, 0.15) is 11.6 Å². The molecule has 1 unspecified atom stereocenters. The maximum atomic E-state index is 12.3. The normalized spacial score (nSPS) is 24.4. The summed E-state index contributed by atoms with van der Waals surface area (Å²) >= 11 is 0. The van der Waals surface area contributed by atoms with Crippen molar-refractivity contribution in [2.45, 2.75) is 39.5 Å². The van der Waals surface area contributed by atoms with Gasteiger partial charge in [0.15, 0.2) is 0 Å². The molecule has 1 heterocycles. The highest BCUT2D eigenvalue weighted by molar-refractivity contribution is 5.83. The Balaban J connectivity index is 1.66. The minimum absolute atomic E-state index is 0.00158. The second-order valence-electron chi connectivity index (χ2n) is 8.56. The molecule has 4 atom stereocenters. The molecule has 4 rings (SSSR count). The van der Waals surface area contributed by atoms with Gasteiger partial charge < -0.3 is 4.57 Å². The summed E-state index contributed by atoms with van der Waals surface area (Å²) in [6.07, 6.45) is 1.59. The number of fused-ring (bicyclic) bond motifs is 1. The molecule has 0 aliphatic heterocycles. The van der Waals surface area contributed by atoms with Gasteiger partial charge in [-0.05, 0) is 67.3 Å². The Bertz CT molecular complexity index is 1100. The average Bonchev–Trinajstić information content (AvgIpc) is 3.00. The number of hydrogen-bond donors (Lipinski definition) is 0. The van der Waals surface area contributed by atoms with Crippen molar-refractivity contribution in [1.82, 2.24) is 9.55 Å². The first-order valence-corrected chi connectivity index (χ1v) is 10.3. The lowest BCUT2D eigenvalue weighted by Crippen LogP contribution is -2.34. The predicted molar refractivity (Wildman–Crippen MR) is 115 cm³/mol. The lowest BCUT2D eigenvalue weighted by molar-refractivity contribution is -0.124. The number of ketones is 1. The highest BCUT2D eigenvalue weighted by atomic mass is 16.1. The van der Waals surface area contributed by atoms with Crippen LogP contribution in [-0.2, 0) is 11.8 Å². The van der Waals surface area contributed by atoms with Crippen LogP contribution in [0.5, 0.6) is 0 Å². The maximum Gasteiger partial charge on any atom is 0.133 e. The van der Waals surface area contributed by atoms with Crippen LogP contribution in [0.4, 0.5) is 0 Å². The number of benzene rings is 2. The number of aryl methyl sites for hydroxylation is 2. The number of carbonyl (C=O) groups is 1. The molecule has 1 aliphatic carbocycles. The molecule has 1 aromatic heterocycles. The van der Waals surface area contributed by atoms with Crippen LogP contribution in [0.2, 0.25) is 0 Å². The molecule has 4 nitrogen and oxygen atoms in total. The van der Waals surface area contributed by atoms with E-state index in [2.05, 4.69) is 65.0 Å². The predicted octanol–water partition coefficient (Wildman–Crippen LogP) is 5.41. The van der Waals surface area contributed by atoms with Crippen LogP contribution in [0, 0.1) is 36.0 Å². The van der Waals surface area contributed by atoms with Gasteiger partial charge in [0.25, 0.3) is 0 Å². The van der Waals surface area contributed by atoms with Gasteiger partial charge >= 0.3 is 0 Å². The fourth-order valence-electron chi connectivity index (χ4n) is 5.10. The molecular weight excluding hydrogens is 358 g/mol. The van der Waals surface area contributed by atoms with Crippen molar-refractivity contribution in [3.8, 4) is 17.2 Å². The largest absolute Gasteiger partial charge is 0.331 e. The van der Waals surface area contributed by atoms with Crippen LogP contribution in [0.25, 0.3) is 22.2 Å². The number of hydrogen-bond acceptors (Lipinski definition) is 3. The minimum atomic E-state index is -0.00158. The van der Waals surface area contributed by atoms with E-state index in [-0.39, 0.29) is 29.5 Å². The zero-order valence-electron chi connectivity index (χ0n) is 17.5. The molecular formula is C25H27N3O. The van der Waals surface area contributed by atoms with Crippen molar-refractivity contribution in [2.75, 3.05) is 0 Å². The molecule has 29 heavy (non-hydrogen) atoms. The summed E-state index contributed by atoms with van der Waals surface area (Å²) in [7, 11) is 2.03. The monoisotopic (exact) mass is 385 g/mol. The summed E-state index contributed by atoms with van der Waals surface area (Å²) in [5.74, 6) is 1.62. The SMILES string of the molecule is CC(=O)C1[C@@H](C)C[C@@H](C#N)C[C@H]1c1ccc(-c2ccc3c(c2)nc(C)n3C)cc1. The van der Waals surface area contributed by atoms with Gasteiger partial charge in [0.2, 0.25) is 0 Å². The summed E-state index contributed by atoms with van der Waals surface area (Å²) in [4.78, 5) is 17.0. The van der Waals surface area contributed by atoms with E-state index in [1.807, 2.05) is 14.0 Å². The van der Waals surface area contributed by atoms with E-state index in [0.717, 1.165) is 46.4 Å². The van der Waals surface area contributed by atoms with E-state index >= 15 is 0 Å². The fraction of sp³-hybridized carbons (Fsp3) is 0.400. The molecule has 0 radical (unpaired) electrons. The van der Waals surface area contributed by atoms with E-state index in [1.54, 1.807) is 6.92 Å². The van der Waals surface area contributed by atoms with Gasteiger partial charge in [-0.2, -0.15) is 5.26 Å². The molecule has 1 aliphatic rings. The van der Waals surface area contributed by atoms with Crippen molar-refractivity contribution < 1.29 is 4.79 Å². The lowest BCUT2D eigenvalue weighted by atomic mass is 9.65. The van der Waals surface area contributed by atoms with Crippen LogP contribution >= 0.6 is 0 Å². The molecule has 0 spiro atoms. The van der Waals surface area contributed by atoms with Gasteiger partial charge in [-0.25, -0.2) is 4.98 Å². The van der Waals surface area contributed by atoms with E-state index in [4.69, 9.17) is 0 Å². The van der Waals surface area contributed by atoms with Crippen LogP contribution in [-0.4, -0.2) is 15.3 Å². The third-order valence-corrected chi connectivity index (χ3v) is 6.67. The highest BCUT2D eigenvalue weighted by Crippen LogP contribution is 2.44. The summed E-state index contributed by atoms with van der Waals surface area (Å²) in [6, 6.07) is 17.3. The Morgan fingerprint density at radius 1 is 1.14 bits per heavy atom. The zero-order valence-corrected chi connectivity index (χ0v) is 17.5. The smallest absolute Gasteiger partial charge is 0.133 e. The van der Waals surface area contributed by atoms with Gasteiger partial charge in [-0.3, -0.25) is 4.79 Å². The fourth-order valence-corrected chi connectivity index (χ4v) is 5.10. The zero-order chi connectivity index (χ0) is 20.7. The van der Waals surface area contributed by atoms with Crippen molar-refractivity contribution in [2.24, 2.45) is 24.8 Å². The molecule has 2 aromatic carbocycles. The molecule has 0 saturated heterocycles.